The van der Waals surface area contributed by atoms with E-state index in [4.69, 9.17) is 4.74 Å². The molecule has 1 aliphatic heterocycles. The van der Waals surface area contributed by atoms with Gasteiger partial charge < -0.3 is 4.74 Å². The molecule has 1 atom stereocenters. The zero-order valence-electron chi connectivity index (χ0n) is 12.9. The van der Waals surface area contributed by atoms with E-state index in [9.17, 15) is 13.2 Å². The Hall–Kier alpha value is -2.22. The first-order chi connectivity index (χ1) is 11.6. The Morgan fingerprint density at radius 1 is 1.04 bits per heavy atom. The number of carbonyl (C=O) groups is 1. The van der Waals surface area contributed by atoms with Crippen molar-refractivity contribution in [1.82, 2.24) is 10.3 Å². The van der Waals surface area contributed by atoms with E-state index in [2.05, 4.69) is 10.3 Å². The molecule has 3 rings (SSSR count). The molecule has 0 unspecified atom stereocenters. The van der Waals surface area contributed by atoms with Crippen LogP contribution in [0.25, 0.3) is 11.1 Å². The molecule has 0 spiro atoms. The fourth-order valence-electron chi connectivity index (χ4n) is 2.59. The molecule has 2 aromatic carbocycles. The second-order valence-electron chi connectivity index (χ2n) is 5.46. The Morgan fingerprint density at radius 3 is 2.46 bits per heavy atom. The number of carbonyl (C=O) groups excluding carboxylic acids is 1. The van der Waals surface area contributed by atoms with Crippen LogP contribution in [-0.4, -0.2) is 27.0 Å². The van der Waals surface area contributed by atoms with Crippen LogP contribution in [0.5, 0.6) is 0 Å². The highest BCUT2D eigenvalue weighted by atomic mass is 32.2. The molecule has 0 aromatic heterocycles. The van der Waals surface area contributed by atoms with Crippen molar-refractivity contribution in [3.63, 3.8) is 0 Å². The van der Waals surface area contributed by atoms with Gasteiger partial charge in [-0.2, -0.15) is 0 Å². The van der Waals surface area contributed by atoms with Gasteiger partial charge in [0.25, 0.3) is 15.9 Å². The van der Waals surface area contributed by atoms with E-state index in [-0.39, 0.29) is 4.90 Å². The zero-order valence-corrected chi connectivity index (χ0v) is 13.8. The number of ether oxygens (including phenoxy) is 1. The molecule has 0 aliphatic carbocycles. The minimum absolute atomic E-state index is 0.101. The first kappa shape index (κ1) is 16.6. The molecule has 1 fully saturated rings. The molecule has 7 heteroatoms. The summed E-state index contributed by atoms with van der Waals surface area (Å²) >= 11 is 0. The number of rotatable bonds is 5. The van der Waals surface area contributed by atoms with E-state index in [0.717, 1.165) is 12.0 Å². The molecule has 0 bridgehead atoms. The number of hydrazine groups is 1. The van der Waals surface area contributed by atoms with Gasteiger partial charge in [0, 0.05) is 12.2 Å². The van der Waals surface area contributed by atoms with Crippen LogP contribution in [0.2, 0.25) is 0 Å². The summed E-state index contributed by atoms with van der Waals surface area (Å²) in [5.74, 6) is -0.478. The van der Waals surface area contributed by atoms with E-state index >= 15 is 0 Å². The van der Waals surface area contributed by atoms with E-state index in [0.29, 0.717) is 18.6 Å². The van der Waals surface area contributed by atoms with Gasteiger partial charge in [0.15, 0.2) is 0 Å². The molecular weight excluding hydrogens is 328 g/mol. The summed E-state index contributed by atoms with van der Waals surface area (Å²) in [5, 5.41) is 0. The molecule has 24 heavy (non-hydrogen) atoms. The summed E-state index contributed by atoms with van der Waals surface area (Å²) in [5.41, 5.74) is 3.59. The maximum Gasteiger partial charge on any atom is 0.264 e. The van der Waals surface area contributed by atoms with Crippen molar-refractivity contribution >= 4 is 15.9 Å². The summed E-state index contributed by atoms with van der Waals surface area (Å²) in [6.07, 6.45) is 0.785. The molecule has 0 saturated carbocycles. The van der Waals surface area contributed by atoms with Crippen LogP contribution >= 0.6 is 0 Å². The third-order valence-corrected chi connectivity index (χ3v) is 5.10. The van der Waals surface area contributed by atoms with Crippen LogP contribution in [0.3, 0.4) is 0 Å². The first-order valence-electron chi connectivity index (χ1n) is 7.66. The molecule has 126 valence electrons. The smallest absolute Gasteiger partial charge is 0.264 e. The average Bonchev–Trinajstić information content (AvgIpc) is 3.15. The number of benzene rings is 2. The number of nitrogens with one attached hydrogen (secondary N) is 2. The Labute approximate surface area is 140 Å². The fourth-order valence-corrected chi connectivity index (χ4v) is 3.67. The fraction of sp³-hybridized carbons (Fsp3) is 0.235. The normalized spacial score (nSPS) is 17.6. The molecule has 2 N–H and O–H groups in total. The van der Waals surface area contributed by atoms with E-state index in [1.807, 2.05) is 30.3 Å². The van der Waals surface area contributed by atoms with Crippen molar-refractivity contribution in [2.45, 2.75) is 23.8 Å². The summed E-state index contributed by atoms with van der Waals surface area (Å²) in [6.45, 7) is 0.516. The van der Waals surface area contributed by atoms with Gasteiger partial charge in [0.1, 0.15) is 6.10 Å². The van der Waals surface area contributed by atoms with Crippen LogP contribution < -0.4 is 10.3 Å². The lowest BCUT2D eigenvalue weighted by Crippen LogP contribution is -2.46. The summed E-state index contributed by atoms with van der Waals surface area (Å²) < 4.78 is 30.4. The first-order valence-corrected chi connectivity index (χ1v) is 9.14. The minimum atomic E-state index is -3.90. The minimum Gasteiger partial charge on any atom is -0.368 e. The van der Waals surface area contributed by atoms with E-state index in [1.165, 1.54) is 6.07 Å². The maximum atomic E-state index is 12.6. The van der Waals surface area contributed by atoms with Gasteiger partial charge in [-0.15, -0.1) is 4.83 Å². The third-order valence-electron chi connectivity index (χ3n) is 3.79. The largest absolute Gasteiger partial charge is 0.368 e. The van der Waals surface area contributed by atoms with Crippen LogP contribution in [0.4, 0.5) is 0 Å². The molecule has 6 nitrogen and oxygen atoms in total. The third kappa shape index (κ3) is 3.64. The van der Waals surface area contributed by atoms with Crippen molar-refractivity contribution in [1.29, 1.82) is 0 Å². The summed E-state index contributed by atoms with van der Waals surface area (Å²) in [4.78, 5) is 14.2. The molecule has 1 heterocycles. The lowest BCUT2D eigenvalue weighted by atomic mass is 10.1. The Balaban J connectivity index is 1.81. The highest BCUT2D eigenvalue weighted by molar-refractivity contribution is 7.89. The average molecular weight is 346 g/mol. The summed E-state index contributed by atoms with van der Waals surface area (Å²) in [7, 11) is -3.90. The quantitative estimate of drug-likeness (QED) is 0.809. The lowest BCUT2D eigenvalue weighted by Gasteiger charge is -2.14. The van der Waals surface area contributed by atoms with Crippen molar-refractivity contribution in [3.05, 3.63) is 54.6 Å². The number of hydrogen-bond donors (Lipinski definition) is 2. The summed E-state index contributed by atoms with van der Waals surface area (Å²) in [6, 6.07) is 15.8. The topological polar surface area (TPSA) is 84.5 Å². The Morgan fingerprint density at radius 2 is 1.75 bits per heavy atom. The van der Waals surface area contributed by atoms with Crippen molar-refractivity contribution in [3.8, 4) is 11.1 Å². The van der Waals surface area contributed by atoms with Crippen LogP contribution in [0, 0.1) is 0 Å². The zero-order chi connectivity index (χ0) is 17.0. The maximum absolute atomic E-state index is 12.6. The highest BCUT2D eigenvalue weighted by Gasteiger charge is 2.26. The number of amides is 1. The van der Waals surface area contributed by atoms with Gasteiger partial charge in [0.2, 0.25) is 0 Å². The monoisotopic (exact) mass is 346 g/mol. The van der Waals surface area contributed by atoms with Gasteiger partial charge >= 0.3 is 0 Å². The molecule has 0 radical (unpaired) electrons. The van der Waals surface area contributed by atoms with Gasteiger partial charge in [0.05, 0.1) is 4.90 Å². The van der Waals surface area contributed by atoms with Crippen LogP contribution in [0.15, 0.2) is 59.5 Å². The van der Waals surface area contributed by atoms with Crippen molar-refractivity contribution in [2.24, 2.45) is 0 Å². The van der Waals surface area contributed by atoms with E-state index in [1.54, 1.807) is 18.2 Å². The molecular formula is C17H18N2O4S. The standard InChI is InChI=1S/C17H18N2O4S/c20-17(15-10-6-12-23-15)18-19-24(21,22)16-11-5-4-9-14(16)13-7-2-1-3-8-13/h1-5,7-9,11,15,19H,6,10,12H2,(H,18,20)/t15-/m1/s1. The van der Waals surface area contributed by atoms with Crippen molar-refractivity contribution < 1.29 is 17.9 Å². The SMILES string of the molecule is O=C(NNS(=O)(=O)c1ccccc1-c1ccccc1)[C@H]1CCCO1. The van der Waals surface area contributed by atoms with Gasteiger partial charge in [-0.1, -0.05) is 48.5 Å². The second kappa shape index (κ2) is 7.12. The highest BCUT2D eigenvalue weighted by Crippen LogP contribution is 2.26. The van der Waals surface area contributed by atoms with Crippen molar-refractivity contribution in [2.75, 3.05) is 6.61 Å². The predicted molar refractivity (Wildman–Crippen MR) is 89.3 cm³/mol. The van der Waals surface area contributed by atoms with Crippen LogP contribution in [-0.2, 0) is 19.6 Å². The van der Waals surface area contributed by atoms with Gasteiger partial charge in [-0.25, -0.2) is 8.42 Å². The molecule has 1 amide bonds. The Bertz CT molecular complexity index is 815. The number of sulfonamides is 1. The lowest BCUT2D eigenvalue weighted by molar-refractivity contribution is -0.130. The molecule has 1 aliphatic rings. The molecule has 1 saturated heterocycles. The van der Waals surface area contributed by atoms with E-state index < -0.39 is 22.0 Å². The van der Waals surface area contributed by atoms with Gasteiger partial charge in [-0.3, -0.25) is 10.2 Å². The predicted octanol–water partition coefficient (Wildman–Crippen LogP) is 1.84. The van der Waals surface area contributed by atoms with Crippen LogP contribution in [0.1, 0.15) is 12.8 Å². The molecule has 2 aromatic rings. The Kier molecular flexibility index (Phi) is 4.94. The second-order valence-corrected chi connectivity index (χ2v) is 7.11. The number of hydrogen-bond acceptors (Lipinski definition) is 4. The van der Waals surface area contributed by atoms with Gasteiger partial charge in [-0.05, 0) is 24.5 Å².